The third-order valence-corrected chi connectivity index (χ3v) is 3.10. The Morgan fingerprint density at radius 1 is 1.20 bits per heavy atom. The number of rotatable bonds is 0. The highest BCUT2D eigenvalue weighted by Crippen LogP contribution is 2.10. The zero-order valence-corrected chi connectivity index (χ0v) is 9.57. The van der Waals surface area contributed by atoms with Crippen LogP contribution in [0.4, 0.5) is 0 Å². The van der Waals surface area contributed by atoms with Crippen molar-refractivity contribution in [3.63, 3.8) is 0 Å². The highest BCUT2D eigenvalue weighted by molar-refractivity contribution is 9.09. The average molecular weight is 261 g/mol. The smallest absolute Gasteiger partial charge is 0.135 e. The van der Waals surface area contributed by atoms with Gasteiger partial charge in [0.1, 0.15) is 11.0 Å². The number of halogens is 1. The van der Waals surface area contributed by atoms with Crippen LogP contribution in [0.5, 0.6) is 0 Å². The van der Waals surface area contributed by atoms with Crippen LogP contribution in [0.1, 0.15) is 0 Å². The predicted octanol–water partition coefficient (Wildman–Crippen LogP) is 2.33. The van der Waals surface area contributed by atoms with Gasteiger partial charge >= 0.3 is 0 Å². The molecule has 3 rings (SSSR count). The first-order chi connectivity index (χ1) is 7.34. The van der Waals surface area contributed by atoms with Gasteiger partial charge in [-0.1, -0.05) is 52.4 Å². The second kappa shape index (κ2) is 3.38. The zero-order chi connectivity index (χ0) is 10.3. The van der Waals surface area contributed by atoms with Crippen molar-refractivity contribution >= 4 is 39.1 Å². The first kappa shape index (κ1) is 8.98. The maximum absolute atomic E-state index is 5.76. The van der Waals surface area contributed by atoms with Gasteiger partial charge in [0, 0.05) is 10.6 Å². The lowest BCUT2D eigenvalue weighted by molar-refractivity contribution is 0.576. The van der Waals surface area contributed by atoms with E-state index in [4.69, 9.17) is 4.42 Å². The lowest BCUT2D eigenvalue weighted by Crippen LogP contribution is -2.20. The average Bonchev–Trinajstić information content (AvgIpc) is 2.47. The van der Waals surface area contributed by atoms with Gasteiger partial charge in [0.25, 0.3) is 0 Å². The second-order valence-electron chi connectivity index (χ2n) is 3.54. The lowest BCUT2D eigenvalue weighted by atomic mass is 10.2. The molecule has 0 aliphatic heterocycles. The summed E-state index contributed by atoms with van der Waals surface area (Å²) in [5.74, 6) is 0. The molecule has 0 spiro atoms. The van der Waals surface area contributed by atoms with Crippen LogP contribution in [-0.4, -0.2) is 4.83 Å². The molecule has 1 aromatic heterocycles. The summed E-state index contributed by atoms with van der Waals surface area (Å²) in [5.41, 5.74) is 1.89. The maximum atomic E-state index is 5.76. The topological polar surface area (TPSA) is 13.1 Å². The molecule has 0 saturated heterocycles. The molecule has 1 atom stereocenters. The normalized spacial score (nSPS) is 19.1. The first-order valence-corrected chi connectivity index (χ1v) is 5.78. The molecule has 1 aliphatic rings. The summed E-state index contributed by atoms with van der Waals surface area (Å²) in [6.07, 6.45) is 8.28. The fourth-order valence-electron chi connectivity index (χ4n) is 1.84. The van der Waals surface area contributed by atoms with Gasteiger partial charge in [0.15, 0.2) is 0 Å². The van der Waals surface area contributed by atoms with E-state index in [1.807, 2.05) is 30.4 Å². The van der Waals surface area contributed by atoms with E-state index in [9.17, 15) is 0 Å². The summed E-state index contributed by atoms with van der Waals surface area (Å²) < 4.78 is 5.76. The quantitative estimate of drug-likeness (QED) is 0.663. The molecule has 1 aromatic carbocycles. The van der Waals surface area contributed by atoms with E-state index in [2.05, 4.69) is 34.1 Å². The van der Waals surface area contributed by atoms with Crippen LogP contribution >= 0.6 is 15.9 Å². The van der Waals surface area contributed by atoms with E-state index in [-0.39, 0.29) is 4.83 Å². The Morgan fingerprint density at radius 2 is 2.07 bits per heavy atom. The van der Waals surface area contributed by atoms with Crippen molar-refractivity contribution in [3.05, 3.63) is 47.1 Å². The van der Waals surface area contributed by atoms with Crippen LogP contribution in [0.3, 0.4) is 0 Å². The van der Waals surface area contributed by atoms with Crippen LogP contribution in [0.15, 0.2) is 40.8 Å². The van der Waals surface area contributed by atoms with E-state index in [0.29, 0.717) is 0 Å². The van der Waals surface area contributed by atoms with Gasteiger partial charge in [0.2, 0.25) is 0 Å². The van der Waals surface area contributed by atoms with Crippen molar-refractivity contribution in [2.24, 2.45) is 0 Å². The second-order valence-corrected chi connectivity index (χ2v) is 4.60. The predicted molar refractivity (Wildman–Crippen MR) is 66.2 cm³/mol. The number of para-hydroxylation sites is 1. The summed E-state index contributed by atoms with van der Waals surface area (Å²) in [6.45, 7) is 0. The number of hydrogen-bond donors (Lipinski definition) is 0. The maximum Gasteiger partial charge on any atom is 0.135 e. The Labute approximate surface area is 95.5 Å². The van der Waals surface area contributed by atoms with Gasteiger partial charge in [0.05, 0.1) is 4.83 Å². The number of fused-ring (bicyclic) bond motifs is 3. The van der Waals surface area contributed by atoms with E-state index < -0.39 is 0 Å². The summed E-state index contributed by atoms with van der Waals surface area (Å²) >= 11 is 3.57. The van der Waals surface area contributed by atoms with Crippen LogP contribution in [0, 0.1) is 0 Å². The summed E-state index contributed by atoms with van der Waals surface area (Å²) in [5, 5.41) is 2.36. The largest absolute Gasteiger partial charge is 0.456 e. The van der Waals surface area contributed by atoms with Crippen molar-refractivity contribution in [2.75, 3.05) is 0 Å². The molecule has 0 saturated carbocycles. The third-order valence-electron chi connectivity index (χ3n) is 2.53. The summed E-state index contributed by atoms with van der Waals surface area (Å²) in [4.78, 5) is 0.274. The van der Waals surface area contributed by atoms with Crippen LogP contribution < -0.4 is 10.6 Å². The van der Waals surface area contributed by atoms with E-state index in [1.165, 1.54) is 10.6 Å². The zero-order valence-electron chi connectivity index (χ0n) is 7.98. The van der Waals surface area contributed by atoms with Gasteiger partial charge in [-0.2, -0.15) is 0 Å². The number of furan rings is 1. The molecule has 0 N–H and O–H groups in total. The molecule has 2 aromatic rings. The highest BCUT2D eigenvalue weighted by Gasteiger charge is 2.04. The van der Waals surface area contributed by atoms with Crippen LogP contribution in [0.25, 0.3) is 23.1 Å². The van der Waals surface area contributed by atoms with Crippen LogP contribution in [0.2, 0.25) is 0 Å². The van der Waals surface area contributed by atoms with Crippen molar-refractivity contribution < 1.29 is 4.42 Å². The molecule has 0 amide bonds. The fraction of sp³-hybridized carbons (Fsp3) is 0.0769. The molecular weight excluding hydrogens is 252 g/mol. The Hall–Kier alpha value is -1.28. The van der Waals surface area contributed by atoms with Gasteiger partial charge in [-0.05, 0) is 12.1 Å². The molecule has 1 unspecified atom stereocenters. The molecule has 74 valence electrons. The molecule has 0 bridgehead atoms. The number of allylic oxidation sites excluding steroid dienone is 2. The van der Waals surface area contributed by atoms with E-state index in [0.717, 1.165) is 11.0 Å². The van der Waals surface area contributed by atoms with Gasteiger partial charge in [-0.15, -0.1) is 0 Å². The molecule has 1 heterocycles. The Balaban J connectivity index is 2.52. The summed E-state index contributed by atoms with van der Waals surface area (Å²) in [7, 11) is 0. The minimum atomic E-state index is 0.274. The molecule has 1 nitrogen and oxygen atoms in total. The molecule has 15 heavy (non-hydrogen) atoms. The highest BCUT2D eigenvalue weighted by atomic mass is 79.9. The minimum absolute atomic E-state index is 0.274. The molecule has 1 aliphatic carbocycles. The Kier molecular flexibility index (Phi) is 2.03. The SMILES string of the molecule is BrC1C=CC=c2oc3ccccc3c2=C1. The van der Waals surface area contributed by atoms with E-state index >= 15 is 0 Å². The summed E-state index contributed by atoms with van der Waals surface area (Å²) in [6, 6.07) is 8.12. The van der Waals surface area contributed by atoms with Gasteiger partial charge < -0.3 is 4.42 Å². The van der Waals surface area contributed by atoms with Crippen molar-refractivity contribution in [1.82, 2.24) is 0 Å². The Morgan fingerprint density at radius 3 is 3.00 bits per heavy atom. The number of alkyl halides is 1. The van der Waals surface area contributed by atoms with Crippen LogP contribution in [-0.2, 0) is 0 Å². The monoisotopic (exact) mass is 260 g/mol. The van der Waals surface area contributed by atoms with Gasteiger partial charge in [-0.3, -0.25) is 0 Å². The van der Waals surface area contributed by atoms with Gasteiger partial charge in [-0.25, -0.2) is 0 Å². The molecular formula is C13H9BrO. The molecule has 0 radical (unpaired) electrons. The standard InChI is InChI=1S/C13H9BrO/c14-9-4-3-7-13-11(8-9)10-5-1-2-6-12(10)15-13/h1-9H. The molecule has 2 heteroatoms. The first-order valence-electron chi connectivity index (χ1n) is 4.86. The lowest BCUT2D eigenvalue weighted by Gasteiger charge is -1.91. The third kappa shape index (κ3) is 1.45. The Bertz CT molecular complexity index is 649. The van der Waals surface area contributed by atoms with E-state index in [1.54, 1.807) is 0 Å². The number of benzene rings is 1. The van der Waals surface area contributed by atoms with Crippen molar-refractivity contribution in [1.29, 1.82) is 0 Å². The molecule has 0 fully saturated rings. The fourth-order valence-corrected chi connectivity index (χ4v) is 2.28. The minimum Gasteiger partial charge on any atom is -0.456 e. The number of hydrogen-bond acceptors (Lipinski definition) is 1. The van der Waals surface area contributed by atoms with Crippen molar-refractivity contribution in [2.45, 2.75) is 4.83 Å². The van der Waals surface area contributed by atoms with Crippen molar-refractivity contribution in [3.8, 4) is 0 Å².